The molecule has 1 aromatic carbocycles. The fourth-order valence-electron chi connectivity index (χ4n) is 2.50. The Kier molecular flexibility index (Phi) is 8.15. The summed E-state index contributed by atoms with van der Waals surface area (Å²) in [5.74, 6) is -5.11. The Morgan fingerprint density at radius 2 is 1.50 bits per heavy atom. The van der Waals surface area contributed by atoms with Crippen molar-refractivity contribution in [2.45, 2.75) is 37.9 Å². The standard InChI is InChI=1S/C18H14F9N3O4/c19-16(20,21)7-12(31)30(5-6-33-13(32)8-17(22,23)24)9-10-1-3-11(4-2-10)14-28-15(34-29-14)18(25,26)27/h1-4H,5-9H2. The van der Waals surface area contributed by atoms with Crippen molar-refractivity contribution < 1.29 is 58.4 Å². The molecule has 0 atom stereocenters. The van der Waals surface area contributed by atoms with Gasteiger partial charge in [-0.3, -0.25) is 9.59 Å². The summed E-state index contributed by atoms with van der Waals surface area (Å²) < 4.78 is 120. The van der Waals surface area contributed by atoms with E-state index in [-0.39, 0.29) is 11.1 Å². The first-order chi connectivity index (χ1) is 15.5. The summed E-state index contributed by atoms with van der Waals surface area (Å²) in [6, 6.07) is 4.94. The van der Waals surface area contributed by atoms with Gasteiger partial charge >= 0.3 is 30.4 Å². The molecule has 0 aliphatic heterocycles. The maximum atomic E-state index is 12.6. The van der Waals surface area contributed by atoms with E-state index >= 15 is 0 Å². The van der Waals surface area contributed by atoms with E-state index in [1.54, 1.807) is 0 Å². The van der Waals surface area contributed by atoms with Gasteiger partial charge in [0.1, 0.15) is 19.4 Å². The zero-order valence-corrected chi connectivity index (χ0v) is 16.7. The van der Waals surface area contributed by atoms with E-state index in [4.69, 9.17) is 0 Å². The fourth-order valence-corrected chi connectivity index (χ4v) is 2.50. The van der Waals surface area contributed by atoms with Crippen LogP contribution in [0.3, 0.4) is 0 Å². The Morgan fingerprint density at radius 3 is 2.00 bits per heavy atom. The van der Waals surface area contributed by atoms with Gasteiger partial charge in [0.25, 0.3) is 0 Å². The zero-order chi connectivity index (χ0) is 25.7. The van der Waals surface area contributed by atoms with Crippen molar-refractivity contribution >= 4 is 11.9 Å². The van der Waals surface area contributed by atoms with Gasteiger partial charge in [0.2, 0.25) is 11.7 Å². The Morgan fingerprint density at radius 1 is 0.912 bits per heavy atom. The van der Waals surface area contributed by atoms with Crippen LogP contribution in [0.25, 0.3) is 11.4 Å². The number of ether oxygens (including phenoxy) is 1. The highest BCUT2D eigenvalue weighted by molar-refractivity contribution is 5.77. The summed E-state index contributed by atoms with van der Waals surface area (Å²) in [5, 5.41) is 3.17. The topological polar surface area (TPSA) is 85.5 Å². The van der Waals surface area contributed by atoms with Gasteiger partial charge in [0.15, 0.2) is 0 Å². The van der Waals surface area contributed by atoms with E-state index in [0.717, 1.165) is 0 Å². The molecule has 7 nitrogen and oxygen atoms in total. The number of carbonyl (C=O) groups is 2. The minimum absolute atomic E-state index is 0.0669. The summed E-state index contributed by atoms with van der Waals surface area (Å²) in [6.45, 7) is -1.90. The summed E-state index contributed by atoms with van der Waals surface area (Å²) in [7, 11) is 0. The lowest BCUT2D eigenvalue weighted by Crippen LogP contribution is -2.36. The van der Waals surface area contributed by atoms with E-state index in [9.17, 15) is 49.1 Å². The van der Waals surface area contributed by atoms with Crippen LogP contribution in [0.15, 0.2) is 28.8 Å². The number of nitrogens with zero attached hydrogens (tertiary/aromatic N) is 3. The SMILES string of the molecule is O=C(CC(F)(F)F)OCCN(Cc1ccc(-c2noc(C(F)(F)F)n2)cc1)C(=O)CC(F)(F)F. The van der Waals surface area contributed by atoms with Crippen LogP contribution in [-0.2, 0) is 27.0 Å². The second-order valence-electron chi connectivity index (χ2n) is 6.74. The predicted octanol–water partition coefficient (Wildman–Crippen LogP) is 4.53. The van der Waals surface area contributed by atoms with E-state index < -0.39 is 74.7 Å². The molecule has 0 bridgehead atoms. The normalized spacial score (nSPS) is 12.5. The van der Waals surface area contributed by atoms with Crippen LogP contribution in [-0.4, -0.2) is 52.4 Å². The average Bonchev–Trinajstić information content (AvgIpc) is 3.15. The molecule has 16 heteroatoms. The summed E-state index contributed by atoms with van der Waals surface area (Å²) in [6.07, 6.45) is -18.4. The molecule has 1 heterocycles. The van der Waals surface area contributed by atoms with Gasteiger partial charge in [0, 0.05) is 12.1 Å². The van der Waals surface area contributed by atoms with Gasteiger partial charge in [-0.1, -0.05) is 29.4 Å². The summed E-state index contributed by atoms with van der Waals surface area (Å²) in [5.41, 5.74) is 0.276. The first kappa shape index (κ1) is 26.9. The summed E-state index contributed by atoms with van der Waals surface area (Å²) >= 11 is 0. The molecule has 0 spiro atoms. The molecular weight excluding hydrogens is 493 g/mol. The van der Waals surface area contributed by atoms with Gasteiger partial charge in [-0.25, -0.2) is 0 Å². The first-order valence-electron chi connectivity index (χ1n) is 9.10. The van der Waals surface area contributed by atoms with Gasteiger partial charge in [-0.05, 0) is 5.56 Å². The average molecular weight is 507 g/mol. The Balaban J connectivity index is 2.08. The lowest BCUT2D eigenvalue weighted by molar-refractivity contribution is -0.173. The van der Waals surface area contributed by atoms with Crippen molar-refractivity contribution in [3.05, 3.63) is 35.7 Å². The quantitative estimate of drug-likeness (QED) is 0.386. The molecule has 188 valence electrons. The molecule has 2 rings (SSSR count). The van der Waals surface area contributed by atoms with Crippen LogP contribution in [0.5, 0.6) is 0 Å². The smallest absolute Gasteiger partial charge is 0.464 e. The van der Waals surface area contributed by atoms with Crippen molar-refractivity contribution in [3.8, 4) is 11.4 Å². The number of aromatic nitrogens is 2. The second kappa shape index (κ2) is 10.3. The van der Waals surface area contributed by atoms with Crippen LogP contribution in [0.1, 0.15) is 24.3 Å². The molecule has 0 aliphatic carbocycles. The largest absolute Gasteiger partial charge is 0.471 e. The van der Waals surface area contributed by atoms with Gasteiger partial charge < -0.3 is 14.2 Å². The second-order valence-corrected chi connectivity index (χ2v) is 6.74. The van der Waals surface area contributed by atoms with Crippen LogP contribution in [0.2, 0.25) is 0 Å². The van der Waals surface area contributed by atoms with E-state index in [0.29, 0.717) is 4.90 Å². The molecule has 34 heavy (non-hydrogen) atoms. The third-order valence-electron chi connectivity index (χ3n) is 3.93. The molecular formula is C18H14F9N3O4. The van der Waals surface area contributed by atoms with Crippen molar-refractivity contribution in [3.63, 3.8) is 0 Å². The molecule has 0 radical (unpaired) electrons. The molecule has 0 saturated heterocycles. The number of alkyl halides is 9. The monoisotopic (exact) mass is 507 g/mol. The van der Waals surface area contributed by atoms with Gasteiger partial charge in [0.05, 0.1) is 6.54 Å². The van der Waals surface area contributed by atoms with E-state index in [1.165, 1.54) is 24.3 Å². The van der Waals surface area contributed by atoms with Crippen LogP contribution in [0, 0.1) is 0 Å². The maximum Gasteiger partial charge on any atom is 0.471 e. The van der Waals surface area contributed by atoms with Crippen molar-refractivity contribution in [2.75, 3.05) is 13.2 Å². The number of esters is 1. The van der Waals surface area contributed by atoms with Crippen LogP contribution < -0.4 is 0 Å². The van der Waals surface area contributed by atoms with E-state index in [1.807, 2.05) is 0 Å². The number of halogens is 9. The highest BCUT2D eigenvalue weighted by atomic mass is 19.4. The Hall–Kier alpha value is -3.33. The molecule has 0 unspecified atom stereocenters. The number of benzene rings is 1. The molecule has 0 aliphatic rings. The minimum Gasteiger partial charge on any atom is -0.464 e. The Labute approximate surface area is 184 Å². The lowest BCUT2D eigenvalue weighted by Gasteiger charge is -2.23. The van der Waals surface area contributed by atoms with Gasteiger partial charge in [-0.2, -0.15) is 44.5 Å². The molecule has 1 amide bonds. The highest BCUT2D eigenvalue weighted by Crippen LogP contribution is 2.29. The number of hydrogen-bond acceptors (Lipinski definition) is 6. The number of carbonyl (C=O) groups excluding carboxylic acids is 2. The number of hydrogen-bond donors (Lipinski definition) is 0. The lowest BCUT2D eigenvalue weighted by atomic mass is 10.1. The predicted molar refractivity (Wildman–Crippen MR) is 92.5 cm³/mol. The van der Waals surface area contributed by atoms with Crippen molar-refractivity contribution in [1.82, 2.24) is 15.0 Å². The molecule has 0 N–H and O–H groups in total. The number of rotatable bonds is 8. The third kappa shape index (κ3) is 8.90. The van der Waals surface area contributed by atoms with Crippen molar-refractivity contribution in [1.29, 1.82) is 0 Å². The highest BCUT2D eigenvalue weighted by Gasteiger charge is 2.38. The van der Waals surface area contributed by atoms with Crippen LogP contribution >= 0.6 is 0 Å². The molecule has 0 fully saturated rings. The minimum atomic E-state index is -4.87. The number of amides is 1. The zero-order valence-electron chi connectivity index (χ0n) is 16.7. The molecule has 1 aromatic heterocycles. The Bertz CT molecular complexity index is 982. The van der Waals surface area contributed by atoms with Crippen molar-refractivity contribution in [2.24, 2.45) is 0 Å². The fraction of sp³-hybridized carbons (Fsp3) is 0.444. The summed E-state index contributed by atoms with van der Waals surface area (Å²) in [4.78, 5) is 26.9. The maximum absolute atomic E-state index is 12.6. The van der Waals surface area contributed by atoms with Gasteiger partial charge in [-0.15, -0.1) is 0 Å². The van der Waals surface area contributed by atoms with E-state index in [2.05, 4.69) is 19.4 Å². The first-order valence-corrected chi connectivity index (χ1v) is 9.10. The van der Waals surface area contributed by atoms with Crippen LogP contribution in [0.4, 0.5) is 39.5 Å². The molecule has 2 aromatic rings. The third-order valence-corrected chi connectivity index (χ3v) is 3.93. The molecule has 0 saturated carbocycles.